The molecule has 187 valence electrons. The monoisotopic (exact) mass is 611 g/mol. The van der Waals surface area contributed by atoms with Gasteiger partial charge < -0.3 is 29.2 Å². The molecule has 4 aromatic rings. The third-order valence-corrected chi connectivity index (χ3v) is 11.8. The van der Waals surface area contributed by atoms with Crippen LogP contribution in [0.25, 0.3) is 27.1 Å². The number of fused-ring (bicyclic) bond motifs is 1. The molecule has 1 radical (unpaired) electrons. The molecule has 2 bridgehead atoms. The zero-order chi connectivity index (χ0) is 23.5. The fourth-order valence-corrected chi connectivity index (χ4v) is 10.2. The third-order valence-electron chi connectivity index (χ3n) is 7.75. The largest absolute Gasteiger partial charge is 3.00 e. The van der Waals surface area contributed by atoms with E-state index in [1.54, 1.807) is 10.8 Å². The molecule has 1 atom stereocenters. The zero-order valence-electron chi connectivity index (χ0n) is 22.2. The standard InChI is InChI=1S/C21H23.C10H12OSi.2ClH.Zr/c1-14(2)16-8-10-17(11-9-16)20-7-5-6-18-12-19(15(3)4)13-21(18)20;1-6-9-7-4-5-11-8(7)10(6)12(9,2)3;;;/h5-15H,1-4H3;4-5,10H,1-3H3;2*1H;/q-1;;;;+3/p-2. The Morgan fingerprint density at radius 2 is 1.53 bits per heavy atom. The van der Waals surface area contributed by atoms with Crippen LogP contribution in [-0.2, 0) is 26.2 Å². The van der Waals surface area contributed by atoms with Gasteiger partial charge in [-0.2, -0.15) is 6.07 Å². The molecule has 1 aliphatic carbocycles. The molecule has 1 nitrogen and oxygen atoms in total. The van der Waals surface area contributed by atoms with E-state index in [-0.39, 0.29) is 51.0 Å². The smallest absolute Gasteiger partial charge is 1.00 e. The van der Waals surface area contributed by atoms with Crippen LogP contribution in [0.3, 0.4) is 0 Å². The van der Waals surface area contributed by atoms with Gasteiger partial charge in [-0.25, -0.2) is 0 Å². The van der Waals surface area contributed by atoms with Crippen molar-refractivity contribution in [3.05, 3.63) is 95.0 Å². The van der Waals surface area contributed by atoms with Crippen LogP contribution in [0.15, 0.2) is 76.9 Å². The normalized spacial score (nSPS) is 16.4. The summed E-state index contributed by atoms with van der Waals surface area (Å²) in [6.07, 6.45) is 1.83. The van der Waals surface area contributed by atoms with Crippen molar-refractivity contribution in [2.75, 3.05) is 0 Å². The molecule has 0 saturated carbocycles. The van der Waals surface area contributed by atoms with Gasteiger partial charge in [-0.15, -0.1) is 34.5 Å². The van der Waals surface area contributed by atoms with E-state index in [0.29, 0.717) is 17.4 Å². The van der Waals surface area contributed by atoms with Crippen LogP contribution >= 0.6 is 0 Å². The predicted molar refractivity (Wildman–Crippen MR) is 145 cm³/mol. The summed E-state index contributed by atoms with van der Waals surface area (Å²) in [7, 11) is -1.08. The Labute approximate surface area is 249 Å². The van der Waals surface area contributed by atoms with Gasteiger partial charge in [-0.05, 0) is 41.1 Å². The molecular weight excluding hydrogens is 579 g/mol. The number of halogens is 2. The number of benzene rings is 2. The maximum Gasteiger partial charge on any atom is 3.00 e. The first-order chi connectivity index (χ1) is 15.7. The molecule has 3 aromatic carbocycles. The third kappa shape index (κ3) is 5.06. The van der Waals surface area contributed by atoms with E-state index in [9.17, 15) is 0 Å². The second-order valence-electron chi connectivity index (χ2n) is 10.9. The summed E-state index contributed by atoms with van der Waals surface area (Å²) in [5.74, 6) is 2.43. The Hall–Kier alpha value is -1.25. The van der Waals surface area contributed by atoms with Crippen LogP contribution in [0.4, 0.5) is 0 Å². The van der Waals surface area contributed by atoms with Crippen molar-refractivity contribution in [2.45, 2.75) is 65.1 Å². The summed E-state index contributed by atoms with van der Waals surface area (Å²) < 4.78 is 5.53. The van der Waals surface area contributed by atoms with Crippen LogP contribution in [0, 0.1) is 0 Å². The average molecular weight is 614 g/mol. The van der Waals surface area contributed by atoms with Crippen LogP contribution in [0.5, 0.6) is 0 Å². The van der Waals surface area contributed by atoms with Gasteiger partial charge in [0.1, 0.15) is 5.76 Å². The SMILES string of the molecule is CC(C)c1ccc(-c2cccc3[cH-]c(C(C)C)cc23)cc1.CC1=C2c3ccoc3C1[Si]2(C)C.[Cl-].[Cl-].[Zr+3]. The van der Waals surface area contributed by atoms with Gasteiger partial charge in [0, 0.05) is 11.1 Å². The first-order valence-corrected chi connectivity index (χ1v) is 15.4. The Morgan fingerprint density at radius 1 is 0.861 bits per heavy atom. The van der Waals surface area contributed by atoms with E-state index in [0.717, 1.165) is 0 Å². The zero-order valence-corrected chi connectivity index (χ0v) is 27.2. The first-order valence-electron chi connectivity index (χ1n) is 12.3. The number of hydrogen-bond donors (Lipinski definition) is 0. The predicted octanol–water partition coefficient (Wildman–Crippen LogP) is 3.43. The maximum atomic E-state index is 5.53. The molecule has 7 rings (SSSR count). The van der Waals surface area contributed by atoms with Crippen LogP contribution in [0.1, 0.15) is 74.4 Å². The van der Waals surface area contributed by atoms with E-state index in [4.69, 9.17) is 4.42 Å². The van der Waals surface area contributed by atoms with E-state index in [1.807, 2.05) is 6.26 Å². The molecule has 1 unspecified atom stereocenters. The van der Waals surface area contributed by atoms with Crippen LogP contribution in [-0.4, -0.2) is 8.07 Å². The molecule has 0 spiro atoms. The number of hydrogen-bond acceptors (Lipinski definition) is 1. The summed E-state index contributed by atoms with van der Waals surface area (Å²) >= 11 is 0. The van der Waals surface area contributed by atoms with Crippen LogP contribution < -0.4 is 24.8 Å². The van der Waals surface area contributed by atoms with Crippen molar-refractivity contribution in [3.63, 3.8) is 0 Å². The van der Waals surface area contributed by atoms with Crippen molar-refractivity contribution >= 4 is 24.0 Å². The second-order valence-corrected chi connectivity index (χ2v) is 15.5. The van der Waals surface area contributed by atoms with Gasteiger partial charge in [-0.3, -0.25) is 0 Å². The minimum atomic E-state index is -1.08. The quantitative estimate of drug-likeness (QED) is 0.255. The maximum absolute atomic E-state index is 5.53. The summed E-state index contributed by atoms with van der Waals surface area (Å²) in [5.41, 5.74) is 9.20. The van der Waals surface area contributed by atoms with Gasteiger partial charge in [-0.1, -0.05) is 82.3 Å². The second kappa shape index (κ2) is 11.6. The molecule has 0 amide bonds. The molecule has 3 heterocycles. The van der Waals surface area contributed by atoms with E-state index >= 15 is 0 Å². The molecular formula is C31H35Cl2OSiZr. The average Bonchev–Trinajstić information content (AvgIpc) is 3.50. The van der Waals surface area contributed by atoms with E-state index in [1.165, 1.54) is 44.3 Å². The van der Waals surface area contributed by atoms with E-state index in [2.05, 4.69) is 108 Å². The molecule has 1 aromatic heterocycles. The van der Waals surface area contributed by atoms with Gasteiger partial charge in [0.15, 0.2) is 0 Å². The number of allylic oxidation sites excluding steroid dienone is 1. The topological polar surface area (TPSA) is 13.1 Å². The molecule has 36 heavy (non-hydrogen) atoms. The Balaban J connectivity index is 0.000000261. The van der Waals surface area contributed by atoms with Crippen molar-refractivity contribution in [3.8, 4) is 11.1 Å². The minimum absolute atomic E-state index is 0. The Kier molecular flexibility index (Phi) is 10.0. The summed E-state index contributed by atoms with van der Waals surface area (Å²) in [4.78, 5) is 0. The molecule has 3 aliphatic rings. The van der Waals surface area contributed by atoms with Gasteiger partial charge in [0.05, 0.1) is 14.3 Å². The van der Waals surface area contributed by atoms with Gasteiger partial charge >= 0.3 is 26.2 Å². The Bertz CT molecular complexity index is 1360. The summed E-state index contributed by atoms with van der Waals surface area (Å²) in [6, 6.07) is 22.4. The van der Waals surface area contributed by atoms with E-state index < -0.39 is 8.07 Å². The van der Waals surface area contributed by atoms with Gasteiger partial charge in [0.25, 0.3) is 0 Å². The first kappa shape index (κ1) is 31.0. The number of furan rings is 1. The van der Waals surface area contributed by atoms with Crippen molar-refractivity contribution in [1.29, 1.82) is 0 Å². The Morgan fingerprint density at radius 3 is 2.08 bits per heavy atom. The van der Waals surface area contributed by atoms with Crippen molar-refractivity contribution in [1.82, 2.24) is 0 Å². The fraction of sp³-hybridized carbons (Fsp3) is 0.323. The van der Waals surface area contributed by atoms with Crippen molar-refractivity contribution < 1.29 is 55.4 Å². The van der Waals surface area contributed by atoms with Gasteiger partial charge in [0.2, 0.25) is 0 Å². The molecule has 0 N–H and O–H groups in total. The summed E-state index contributed by atoms with van der Waals surface area (Å²) in [6.45, 7) is 16.1. The summed E-state index contributed by atoms with van der Waals surface area (Å²) in [5, 5.41) is 4.39. The van der Waals surface area contributed by atoms with Crippen LogP contribution in [0.2, 0.25) is 13.1 Å². The molecule has 2 aliphatic heterocycles. The molecule has 0 saturated heterocycles. The molecule has 0 fully saturated rings. The minimum Gasteiger partial charge on any atom is -1.00 e. The number of rotatable bonds is 3. The van der Waals surface area contributed by atoms with Crippen molar-refractivity contribution in [2.24, 2.45) is 0 Å². The molecule has 5 heteroatoms. The fourth-order valence-electron chi connectivity index (χ4n) is 5.99.